The lowest BCUT2D eigenvalue weighted by Gasteiger charge is -2.13. The summed E-state index contributed by atoms with van der Waals surface area (Å²) in [5.74, 6) is -0.422. The summed E-state index contributed by atoms with van der Waals surface area (Å²) in [6.45, 7) is -1.62. The van der Waals surface area contributed by atoms with Crippen LogP contribution in [-0.2, 0) is 6.54 Å². The van der Waals surface area contributed by atoms with Crippen LogP contribution in [0.2, 0.25) is 0 Å². The van der Waals surface area contributed by atoms with E-state index in [1.165, 1.54) is 12.1 Å². The molecule has 112 valence electrons. The van der Waals surface area contributed by atoms with Crippen molar-refractivity contribution in [3.05, 3.63) is 36.4 Å². The number of benzene rings is 1. The van der Waals surface area contributed by atoms with Crippen LogP contribution in [0.4, 0.5) is 17.6 Å². The fourth-order valence-corrected chi connectivity index (χ4v) is 1.49. The molecular formula is C13H15F4NO2. The summed E-state index contributed by atoms with van der Waals surface area (Å²) in [6, 6.07) is 3.69. The molecule has 3 nitrogen and oxygen atoms in total. The van der Waals surface area contributed by atoms with Gasteiger partial charge in [0.15, 0.2) is 0 Å². The van der Waals surface area contributed by atoms with E-state index in [0.717, 1.165) is 12.5 Å². The Bertz CT molecular complexity index is 427. The third kappa shape index (κ3) is 5.92. The number of ether oxygens (including phenoxy) is 2. The molecule has 0 spiro atoms. The summed E-state index contributed by atoms with van der Waals surface area (Å²) in [5.41, 5.74) is 0.427. The van der Waals surface area contributed by atoms with Crippen LogP contribution < -0.4 is 14.8 Å². The van der Waals surface area contributed by atoms with Gasteiger partial charge in [0.2, 0.25) is 0 Å². The molecule has 0 fully saturated rings. The maximum absolute atomic E-state index is 12.3. The summed E-state index contributed by atoms with van der Waals surface area (Å²) in [6.07, 6.45) is 2.43. The van der Waals surface area contributed by atoms with Crippen molar-refractivity contribution in [3.63, 3.8) is 0 Å². The quantitative estimate of drug-likeness (QED) is 0.429. The van der Waals surface area contributed by atoms with Gasteiger partial charge >= 0.3 is 13.2 Å². The van der Waals surface area contributed by atoms with Crippen LogP contribution in [-0.4, -0.2) is 19.8 Å². The molecule has 0 atom stereocenters. The van der Waals surface area contributed by atoms with Gasteiger partial charge in [0.05, 0.1) is 0 Å². The zero-order valence-corrected chi connectivity index (χ0v) is 10.6. The molecule has 1 rings (SSSR count). The van der Waals surface area contributed by atoms with Gasteiger partial charge in [-0.05, 0) is 19.0 Å². The molecule has 0 heterocycles. The molecule has 0 aliphatic carbocycles. The average molecular weight is 293 g/mol. The van der Waals surface area contributed by atoms with Crippen LogP contribution in [0.3, 0.4) is 0 Å². The molecule has 0 saturated heterocycles. The topological polar surface area (TPSA) is 30.5 Å². The number of nitrogens with one attached hydrogen (secondary N) is 1. The van der Waals surface area contributed by atoms with Crippen LogP contribution >= 0.6 is 0 Å². The van der Waals surface area contributed by atoms with E-state index in [2.05, 4.69) is 21.4 Å². The number of alkyl halides is 4. The van der Waals surface area contributed by atoms with Crippen molar-refractivity contribution >= 4 is 0 Å². The van der Waals surface area contributed by atoms with Crippen molar-refractivity contribution in [1.82, 2.24) is 5.32 Å². The Labute approximate surface area is 114 Å². The predicted molar refractivity (Wildman–Crippen MR) is 66.2 cm³/mol. The van der Waals surface area contributed by atoms with Crippen molar-refractivity contribution in [2.24, 2.45) is 0 Å². The standard InChI is InChI=1S/C13H15F4NO2/c1-2-3-6-18-8-9-4-5-10(19-12(14)15)7-11(9)20-13(16)17/h2,4-5,7,12-13,18H,1,3,6,8H2. The highest BCUT2D eigenvalue weighted by Crippen LogP contribution is 2.27. The lowest BCUT2D eigenvalue weighted by Crippen LogP contribution is -2.16. The van der Waals surface area contributed by atoms with Gasteiger partial charge in [-0.3, -0.25) is 0 Å². The number of halogens is 4. The van der Waals surface area contributed by atoms with Crippen LogP contribution in [0.1, 0.15) is 12.0 Å². The molecule has 0 bridgehead atoms. The van der Waals surface area contributed by atoms with E-state index >= 15 is 0 Å². The number of hydrogen-bond acceptors (Lipinski definition) is 3. The Hall–Kier alpha value is -1.76. The lowest BCUT2D eigenvalue weighted by atomic mass is 10.2. The smallest absolute Gasteiger partial charge is 0.387 e. The highest BCUT2D eigenvalue weighted by Gasteiger charge is 2.13. The molecule has 0 aliphatic rings. The highest BCUT2D eigenvalue weighted by atomic mass is 19.3. The van der Waals surface area contributed by atoms with Gasteiger partial charge in [-0.25, -0.2) is 0 Å². The summed E-state index contributed by atoms with van der Waals surface area (Å²) in [7, 11) is 0. The third-order valence-electron chi connectivity index (χ3n) is 2.32. The Morgan fingerprint density at radius 3 is 2.45 bits per heavy atom. The summed E-state index contributed by atoms with van der Waals surface area (Å²) >= 11 is 0. The molecule has 7 heteroatoms. The summed E-state index contributed by atoms with van der Waals surface area (Å²) < 4.78 is 57.2. The Balaban J connectivity index is 2.77. The maximum Gasteiger partial charge on any atom is 0.387 e. The second-order valence-corrected chi connectivity index (χ2v) is 3.78. The minimum absolute atomic E-state index is 0.191. The van der Waals surface area contributed by atoms with E-state index in [1.54, 1.807) is 6.08 Å². The maximum atomic E-state index is 12.3. The fourth-order valence-electron chi connectivity index (χ4n) is 1.49. The highest BCUT2D eigenvalue weighted by molar-refractivity contribution is 5.40. The van der Waals surface area contributed by atoms with Crippen molar-refractivity contribution < 1.29 is 27.0 Å². The van der Waals surface area contributed by atoms with E-state index in [4.69, 9.17) is 0 Å². The Kier molecular flexibility index (Phi) is 6.86. The third-order valence-corrected chi connectivity index (χ3v) is 2.32. The molecule has 1 aromatic rings. The second kappa shape index (κ2) is 8.42. The molecular weight excluding hydrogens is 278 g/mol. The van der Waals surface area contributed by atoms with Gasteiger partial charge < -0.3 is 14.8 Å². The second-order valence-electron chi connectivity index (χ2n) is 3.78. The van der Waals surface area contributed by atoms with E-state index in [-0.39, 0.29) is 18.0 Å². The van der Waals surface area contributed by atoms with Crippen molar-refractivity contribution in [2.75, 3.05) is 6.54 Å². The average Bonchev–Trinajstić information content (AvgIpc) is 2.35. The zero-order chi connectivity index (χ0) is 15.0. The molecule has 20 heavy (non-hydrogen) atoms. The van der Waals surface area contributed by atoms with Crippen LogP contribution in [0.25, 0.3) is 0 Å². The molecule has 1 aromatic carbocycles. The number of hydrogen-bond donors (Lipinski definition) is 1. The van der Waals surface area contributed by atoms with Crippen LogP contribution in [0.5, 0.6) is 11.5 Å². The van der Waals surface area contributed by atoms with Gasteiger partial charge in [-0.1, -0.05) is 12.1 Å². The fraction of sp³-hybridized carbons (Fsp3) is 0.385. The van der Waals surface area contributed by atoms with Crippen molar-refractivity contribution in [1.29, 1.82) is 0 Å². The van der Waals surface area contributed by atoms with E-state index in [9.17, 15) is 17.6 Å². The SMILES string of the molecule is C=CCCNCc1ccc(OC(F)F)cc1OC(F)F. The van der Waals surface area contributed by atoms with Gasteiger partial charge in [0.25, 0.3) is 0 Å². The molecule has 0 aliphatic heterocycles. The minimum Gasteiger partial charge on any atom is -0.435 e. The van der Waals surface area contributed by atoms with Gasteiger partial charge in [0.1, 0.15) is 11.5 Å². The van der Waals surface area contributed by atoms with Gasteiger partial charge in [0, 0.05) is 18.2 Å². The van der Waals surface area contributed by atoms with Crippen molar-refractivity contribution in [3.8, 4) is 11.5 Å². The first-order chi connectivity index (χ1) is 9.52. The lowest BCUT2D eigenvalue weighted by molar-refractivity contribution is -0.0546. The predicted octanol–water partition coefficient (Wildman–Crippen LogP) is 3.56. The molecule has 0 aromatic heterocycles. The molecule has 0 saturated carbocycles. The Morgan fingerprint density at radius 1 is 1.15 bits per heavy atom. The largest absolute Gasteiger partial charge is 0.435 e. The zero-order valence-electron chi connectivity index (χ0n) is 10.6. The Morgan fingerprint density at radius 2 is 1.85 bits per heavy atom. The van der Waals surface area contributed by atoms with E-state index in [0.29, 0.717) is 12.1 Å². The first-order valence-electron chi connectivity index (χ1n) is 5.87. The van der Waals surface area contributed by atoms with Gasteiger partial charge in [-0.15, -0.1) is 6.58 Å². The van der Waals surface area contributed by atoms with E-state index in [1.807, 2.05) is 0 Å². The first kappa shape index (κ1) is 16.3. The minimum atomic E-state index is -3.04. The normalized spacial score (nSPS) is 10.9. The molecule has 0 amide bonds. The van der Waals surface area contributed by atoms with Crippen LogP contribution in [0.15, 0.2) is 30.9 Å². The van der Waals surface area contributed by atoms with Crippen molar-refractivity contribution in [2.45, 2.75) is 26.2 Å². The molecule has 0 unspecified atom stereocenters. The molecule has 0 radical (unpaired) electrons. The van der Waals surface area contributed by atoms with Gasteiger partial charge in [-0.2, -0.15) is 17.6 Å². The van der Waals surface area contributed by atoms with E-state index < -0.39 is 13.2 Å². The molecule has 1 N–H and O–H groups in total. The monoisotopic (exact) mass is 293 g/mol. The summed E-state index contributed by atoms with van der Waals surface area (Å²) in [5, 5.41) is 2.99. The number of rotatable bonds is 9. The first-order valence-corrected chi connectivity index (χ1v) is 5.87. The van der Waals surface area contributed by atoms with Crippen LogP contribution in [0, 0.1) is 0 Å². The summed E-state index contributed by atoms with van der Waals surface area (Å²) in [4.78, 5) is 0.